The van der Waals surface area contributed by atoms with Gasteiger partial charge in [-0.2, -0.15) is 0 Å². The molecule has 4 heterocycles. The standard InChI is InChI=1S/C20H14FN5O2/c1-11-7-12(3-5-22-11)18-17(25-20-23-4-2-6-26(18)20)13-8-14(21)19-15(9-13)24-16(27)10-28-19/h2-9H,10H2,1H3,(H,24,27). The molecule has 0 atom stereocenters. The van der Waals surface area contributed by atoms with Crippen molar-refractivity contribution in [1.29, 1.82) is 0 Å². The van der Waals surface area contributed by atoms with Crippen LogP contribution in [0.4, 0.5) is 10.1 Å². The lowest BCUT2D eigenvalue weighted by molar-refractivity contribution is -0.118. The minimum atomic E-state index is -0.561. The van der Waals surface area contributed by atoms with Crippen LogP contribution in [0.5, 0.6) is 5.75 Å². The first-order chi connectivity index (χ1) is 13.6. The summed E-state index contributed by atoms with van der Waals surface area (Å²) in [5.41, 5.74) is 3.83. The summed E-state index contributed by atoms with van der Waals surface area (Å²) >= 11 is 0. The number of pyridine rings is 1. The second kappa shape index (κ2) is 6.12. The lowest BCUT2D eigenvalue weighted by Crippen LogP contribution is -2.26. The number of fused-ring (bicyclic) bond motifs is 2. The molecule has 138 valence electrons. The molecule has 4 aromatic rings. The van der Waals surface area contributed by atoms with Crippen LogP contribution < -0.4 is 10.1 Å². The zero-order valence-corrected chi connectivity index (χ0v) is 14.8. The third-order valence-corrected chi connectivity index (χ3v) is 4.51. The van der Waals surface area contributed by atoms with Crippen molar-refractivity contribution in [2.75, 3.05) is 11.9 Å². The van der Waals surface area contributed by atoms with E-state index >= 15 is 0 Å². The fourth-order valence-corrected chi connectivity index (χ4v) is 3.35. The summed E-state index contributed by atoms with van der Waals surface area (Å²) in [4.78, 5) is 24.8. The SMILES string of the molecule is Cc1cc(-c2c(-c3cc(F)c4c(c3)NC(=O)CO4)nc3ncccn23)ccn1. The number of nitrogens with zero attached hydrogens (tertiary/aromatic N) is 4. The van der Waals surface area contributed by atoms with E-state index < -0.39 is 5.82 Å². The molecule has 3 aromatic heterocycles. The topological polar surface area (TPSA) is 81.4 Å². The zero-order valence-electron chi connectivity index (χ0n) is 14.8. The van der Waals surface area contributed by atoms with Crippen molar-refractivity contribution in [2.45, 2.75) is 6.92 Å². The van der Waals surface area contributed by atoms with E-state index in [1.165, 1.54) is 6.07 Å². The van der Waals surface area contributed by atoms with Gasteiger partial charge in [0, 0.05) is 35.4 Å². The maximum absolute atomic E-state index is 14.7. The van der Waals surface area contributed by atoms with Gasteiger partial charge in [0.2, 0.25) is 5.78 Å². The third-order valence-electron chi connectivity index (χ3n) is 4.51. The van der Waals surface area contributed by atoms with Gasteiger partial charge in [0.1, 0.15) is 0 Å². The molecule has 1 aliphatic rings. The Morgan fingerprint density at radius 3 is 2.93 bits per heavy atom. The summed E-state index contributed by atoms with van der Waals surface area (Å²) in [5, 5.41) is 2.65. The van der Waals surface area contributed by atoms with Gasteiger partial charge in [-0.15, -0.1) is 0 Å². The van der Waals surface area contributed by atoms with Gasteiger partial charge in [-0.25, -0.2) is 14.4 Å². The van der Waals surface area contributed by atoms with E-state index in [0.717, 1.165) is 17.0 Å². The Kier molecular flexibility index (Phi) is 3.58. The molecule has 5 rings (SSSR count). The Bertz CT molecular complexity index is 1250. The number of aromatic nitrogens is 4. The lowest BCUT2D eigenvalue weighted by Gasteiger charge is -2.19. The highest BCUT2D eigenvalue weighted by Crippen LogP contribution is 2.39. The van der Waals surface area contributed by atoms with Crippen molar-refractivity contribution >= 4 is 17.4 Å². The molecule has 0 radical (unpaired) electrons. The molecular formula is C20H14FN5O2. The Morgan fingerprint density at radius 1 is 1.18 bits per heavy atom. The largest absolute Gasteiger partial charge is 0.478 e. The van der Waals surface area contributed by atoms with Gasteiger partial charge in [0.05, 0.1) is 17.1 Å². The summed E-state index contributed by atoms with van der Waals surface area (Å²) < 4.78 is 21.7. The Hall–Kier alpha value is -3.81. The molecule has 0 aliphatic carbocycles. The molecule has 0 fully saturated rings. The van der Waals surface area contributed by atoms with Crippen LogP contribution in [-0.4, -0.2) is 31.9 Å². The maximum atomic E-state index is 14.7. The minimum Gasteiger partial charge on any atom is -0.478 e. The molecule has 0 spiro atoms. The van der Waals surface area contributed by atoms with Crippen molar-refractivity contribution in [2.24, 2.45) is 0 Å². The number of carbonyl (C=O) groups excluding carboxylic acids is 1. The quantitative estimate of drug-likeness (QED) is 0.582. The fraction of sp³-hybridized carbons (Fsp3) is 0.100. The monoisotopic (exact) mass is 375 g/mol. The first kappa shape index (κ1) is 16.4. The van der Waals surface area contributed by atoms with E-state index in [2.05, 4.69) is 20.3 Å². The highest BCUT2D eigenvalue weighted by atomic mass is 19.1. The van der Waals surface area contributed by atoms with Crippen LogP contribution in [-0.2, 0) is 4.79 Å². The third kappa shape index (κ3) is 2.58. The average Bonchev–Trinajstić information content (AvgIpc) is 3.07. The van der Waals surface area contributed by atoms with Crippen molar-refractivity contribution in [3.63, 3.8) is 0 Å². The second-order valence-corrected chi connectivity index (χ2v) is 6.46. The molecule has 0 saturated heterocycles. The number of carbonyl (C=O) groups is 1. The van der Waals surface area contributed by atoms with Gasteiger partial charge in [-0.05, 0) is 37.3 Å². The van der Waals surface area contributed by atoms with E-state index in [4.69, 9.17) is 4.74 Å². The normalized spacial score (nSPS) is 13.1. The Balaban J connectivity index is 1.78. The van der Waals surface area contributed by atoms with Gasteiger partial charge in [0.25, 0.3) is 5.91 Å². The van der Waals surface area contributed by atoms with E-state index in [9.17, 15) is 9.18 Å². The van der Waals surface area contributed by atoms with Gasteiger partial charge in [-0.1, -0.05) is 0 Å². The van der Waals surface area contributed by atoms with Gasteiger partial charge in [0.15, 0.2) is 18.2 Å². The number of ether oxygens (including phenoxy) is 1. The Labute approximate surface area is 158 Å². The second-order valence-electron chi connectivity index (χ2n) is 6.46. The smallest absolute Gasteiger partial charge is 0.262 e. The van der Waals surface area contributed by atoms with Crippen LogP contribution in [0.15, 0.2) is 48.9 Å². The molecule has 0 saturated carbocycles. The van der Waals surface area contributed by atoms with E-state index in [0.29, 0.717) is 17.0 Å². The molecule has 7 nitrogen and oxygen atoms in total. The summed E-state index contributed by atoms with van der Waals surface area (Å²) in [7, 11) is 0. The molecule has 0 bridgehead atoms. The summed E-state index contributed by atoms with van der Waals surface area (Å²) in [6.07, 6.45) is 5.21. The number of rotatable bonds is 2. The maximum Gasteiger partial charge on any atom is 0.262 e. The first-order valence-electron chi connectivity index (χ1n) is 8.63. The molecule has 0 unspecified atom stereocenters. The minimum absolute atomic E-state index is 0.0338. The van der Waals surface area contributed by atoms with Crippen LogP contribution in [0.25, 0.3) is 28.3 Å². The highest BCUT2D eigenvalue weighted by Gasteiger charge is 2.24. The average molecular weight is 375 g/mol. The molecule has 28 heavy (non-hydrogen) atoms. The number of amides is 1. The number of hydrogen-bond acceptors (Lipinski definition) is 5. The number of imidazole rings is 1. The fourth-order valence-electron chi connectivity index (χ4n) is 3.35. The number of nitrogens with one attached hydrogen (secondary N) is 1. The zero-order chi connectivity index (χ0) is 19.3. The van der Waals surface area contributed by atoms with Crippen LogP contribution in [0.3, 0.4) is 0 Å². The number of hydrogen-bond donors (Lipinski definition) is 1. The number of anilines is 1. The predicted molar refractivity (Wildman–Crippen MR) is 100 cm³/mol. The summed E-state index contributed by atoms with van der Waals surface area (Å²) in [5.74, 6) is -0.369. The molecule has 1 aromatic carbocycles. The van der Waals surface area contributed by atoms with Gasteiger partial charge < -0.3 is 10.1 Å². The predicted octanol–water partition coefficient (Wildman–Crippen LogP) is 3.24. The first-order valence-corrected chi connectivity index (χ1v) is 8.63. The number of aryl methyl sites for hydroxylation is 1. The van der Waals surface area contributed by atoms with Crippen molar-refractivity contribution in [1.82, 2.24) is 19.4 Å². The van der Waals surface area contributed by atoms with Crippen LogP contribution in [0.2, 0.25) is 0 Å². The Morgan fingerprint density at radius 2 is 2.07 bits per heavy atom. The van der Waals surface area contributed by atoms with Crippen molar-refractivity contribution in [3.8, 4) is 28.3 Å². The lowest BCUT2D eigenvalue weighted by atomic mass is 10.0. The molecule has 1 aliphatic heterocycles. The van der Waals surface area contributed by atoms with E-state index in [1.54, 1.807) is 24.5 Å². The van der Waals surface area contributed by atoms with Crippen LogP contribution in [0.1, 0.15) is 5.69 Å². The number of halogens is 1. The van der Waals surface area contributed by atoms with Crippen molar-refractivity contribution < 1.29 is 13.9 Å². The molecule has 8 heteroatoms. The summed E-state index contributed by atoms with van der Waals surface area (Å²) in [6, 6.07) is 8.62. The van der Waals surface area contributed by atoms with Crippen molar-refractivity contribution in [3.05, 3.63) is 60.4 Å². The van der Waals surface area contributed by atoms with Crippen LogP contribution in [0, 0.1) is 12.7 Å². The van der Waals surface area contributed by atoms with Crippen LogP contribution >= 0.6 is 0 Å². The number of benzene rings is 1. The van der Waals surface area contributed by atoms with Gasteiger partial charge in [-0.3, -0.25) is 14.2 Å². The molecule has 1 amide bonds. The van der Waals surface area contributed by atoms with E-state index in [-0.39, 0.29) is 24.0 Å². The van der Waals surface area contributed by atoms with Gasteiger partial charge >= 0.3 is 0 Å². The molecular weight excluding hydrogens is 361 g/mol. The molecule has 1 N–H and O–H groups in total. The van der Waals surface area contributed by atoms with E-state index in [1.807, 2.05) is 29.7 Å². The highest BCUT2D eigenvalue weighted by molar-refractivity contribution is 5.96. The summed E-state index contributed by atoms with van der Waals surface area (Å²) in [6.45, 7) is 1.69.